The summed E-state index contributed by atoms with van der Waals surface area (Å²) in [5, 5.41) is 8.55. The minimum Gasteiger partial charge on any atom is -0.376 e. The Morgan fingerprint density at radius 3 is 2.23 bits per heavy atom. The highest BCUT2D eigenvalue weighted by molar-refractivity contribution is 5.95. The van der Waals surface area contributed by atoms with Crippen molar-refractivity contribution in [1.82, 2.24) is 5.32 Å². The van der Waals surface area contributed by atoms with Crippen molar-refractivity contribution in [1.29, 1.82) is 0 Å². The summed E-state index contributed by atoms with van der Waals surface area (Å²) in [7, 11) is 0. The molecule has 2 amide bonds. The number of carbonyl (C=O) groups is 2. The second kappa shape index (κ2) is 7.83. The van der Waals surface area contributed by atoms with Crippen LogP contribution in [0, 0.1) is 0 Å². The molecule has 0 bridgehead atoms. The fourth-order valence-corrected chi connectivity index (χ4v) is 1.91. The fraction of sp³-hybridized carbons (Fsp3) is 0.176. The Kier molecular flexibility index (Phi) is 5.54. The maximum absolute atomic E-state index is 11.8. The molecule has 5 heteroatoms. The Morgan fingerprint density at radius 1 is 0.909 bits per heavy atom. The van der Waals surface area contributed by atoms with E-state index < -0.39 is 0 Å². The average Bonchev–Trinajstić information content (AvgIpc) is 2.54. The summed E-state index contributed by atoms with van der Waals surface area (Å²) in [5.41, 5.74) is 2.15. The summed E-state index contributed by atoms with van der Waals surface area (Å²) in [6, 6.07) is 16.3. The molecule has 0 aromatic heterocycles. The van der Waals surface area contributed by atoms with Gasteiger partial charge in [0, 0.05) is 23.5 Å². The molecular formula is C17H19N3O2. The smallest absolute Gasteiger partial charge is 0.251 e. The zero-order valence-electron chi connectivity index (χ0n) is 12.4. The van der Waals surface area contributed by atoms with Crippen LogP contribution in [-0.2, 0) is 4.79 Å². The molecule has 0 unspecified atom stereocenters. The van der Waals surface area contributed by atoms with Crippen molar-refractivity contribution in [3.8, 4) is 0 Å². The van der Waals surface area contributed by atoms with Crippen LogP contribution in [0.15, 0.2) is 54.6 Å². The van der Waals surface area contributed by atoms with E-state index in [1.807, 2.05) is 37.3 Å². The number of para-hydroxylation sites is 1. The van der Waals surface area contributed by atoms with Gasteiger partial charge in [-0.25, -0.2) is 0 Å². The summed E-state index contributed by atoms with van der Waals surface area (Å²) in [5.74, 6) is -0.227. The minimum atomic E-state index is -0.126. The van der Waals surface area contributed by atoms with Gasteiger partial charge in [-0.1, -0.05) is 18.2 Å². The van der Waals surface area contributed by atoms with Gasteiger partial charge in [-0.2, -0.15) is 0 Å². The van der Waals surface area contributed by atoms with E-state index in [0.717, 1.165) is 11.4 Å². The van der Waals surface area contributed by atoms with Gasteiger partial charge in [0.25, 0.3) is 5.91 Å². The van der Waals surface area contributed by atoms with Crippen LogP contribution in [0.5, 0.6) is 0 Å². The standard InChI is InChI=1S/C17H19N3O2/c1-2-18-17(22)13-8-10-14(11-9-13)19-12-16(21)20-15-6-4-3-5-7-15/h3-11,19H,2,12H2,1H3,(H,18,22)(H,20,21). The maximum atomic E-state index is 11.8. The van der Waals surface area contributed by atoms with Gasteiger partial charge in [-0.15, -0.1) is 0 Å². The predicted octanol–water partition coefficient (Wildman–Crippen LogP) is 2.49. The molecule has 3 N–H and O–H groups in total. The van der Waals surface area contributed by atoms with Crippen molar-refractivity contribution >= 4 is 23.2 Å². The van der Waals surface area contributed by atoms with Gasteiger partial charge in [0.1, 0.15) is 0 Å². The van der Waals surface area contributed by atoms with Gasteiger partial charge >= 0.3 is 0 Å². The third-order valence-corrected chi connectivity index (χ3v) is 3.00. The monoisotopic (exact) mass is 297 g/mol. The molecule has 2 rings (SSSR count). The number of nitrogens with one attached hydrogen (secondary N) is 3. The van der Waals surface area contributed by atoms with E-state index in [4.69, 9.17) is 0 Å². The first kappa shape index (κ1) is 15.6. The van der Waals surface area contributed by atoms with E-state index in [2.05, 4.69) is 16.0 Å². The van der Waals surface area contributed by atoms with Crippen LogP contribution < -0.4 is 16.0 Å². The molecule has 0 aliphatic carbocycles. The molecule has 0 spiro atoms. The Labute approximate surface area is 129 Å². The quantitative estimate of drug-likeness (QED) is 0.767. The minimum absolute atomic E-state index is 0.101. The number of hydrogen-bond acceptors (Lipinski definition) is 3. The first-order valence-corrected chi connectivity index (χ1v) is 7.16. The molecular weight excluding hydrogens is 278 g/mol. The summed E-state index contributed by atoms with van der Waals surface area (Å²) in [6.07, 6.45) is 0. The van der Waals surface area contributed by atoms with Crippen molar-refractivity contribution in [2.45, 2.75) is 6.92 Å². The van der Waals surface area contributed by atoms with Crippen LogP contribution in [0.1, 0.15) is 17.3 Å². The van der Waals surface area contributed by atoms with Crippen LogP contribution >= 0.6 is 0 Å². The molecule has 0 saturated carbocycles. The number of benzene rings is 2. The fourth-order valence-electron chi connectivity index (χ4n) is 1.91. The van der Waals surface area contributed by atoms with Crippen molar-refractivity contribution in [3.05, 3.63) is 60.2 Å². The van der Waals surface area contributed by atoms with Crippen molar-refractivity contribution in [3.63, 3.8) is 0 Å². The van der Waals surface area contributed by atoms with Crippen LogP contribution in [0.3, 0.4) is 0 Å². The summed E-state index contributed by atoms with van der Waals surface area (Å²) in [4.78, 5) is 23.4. The van der Waals surface area contributed by atoms with Crippen LogP contribution in [-0.4, -0.2) is 24.9 Å². The Morgan fingerprint density at radius 2 is 1.59 bits per heavy atom. The highest BCUT2D eigenvalue weighted by Gasteiger charge is 2.05. The molecule has 0 atom stereocenters. The highest BCUT2D eigenvalue weighted by Crippen LogP contribution is 2.10. The Bertz CT molecular complexity index is 624. The molecule has 22 heavy (non-hydrogen) atoms. The van der Waals surface area contributed by atoms with Crippen LogP contribution in [0.25, 0.3) is 0 Å². The molecule has 2 aromatic rings. The number of anilines is 2. The van der Waals surface area contributed by atoms with E-state index in [1.165, 1.54) is 0 Å². The number of hydrogen-bond donors (Lipinski definition) is 3. The molecule has 2 aromatic carbocycles. The van der Waals surface area contributed by atoms with E-state index in [9.17, 15) is 9.59 Å². The highest BCUT2D eigenvalue weighted by atomic mass is 16.2. The van der Waals surface area contributed by atoms with Gasteiger partial charge in [0.15, 0.2) is 0 Å². The van der Waals surface area contributed by atoms with E-state index in [1.54, 1.807) is 24.3 Å². The van der Waals surface area contributed by atoms with Crippen molar-refractivity contribution < 1.29 is 9.59 Å². The summed E-state index contributed by atoms with van der Waals surface area (Å²) in [6.45, 7) is 2.63. The van der Waals surface area contributed by atoms with E-state index >= 15 is 0 Å². The van der Waals surface area contributed by atoms with Crippen LogP contribution in [0.4, 0.5) is 11.4 Å². The molecule has 0 fully saturated rings. The first-order chi connectivity index (χ1) is 10.7. The lowest BCUT2D eigenvalue weighted by Crippen LogP contribution is -2.23. The topological polar surface area (TPSA) is 70.2 Å². The van der Waals surface area contributed by atoms with Gasteiger partial charge < -0.3 is 16.0 Å². The summed E-state index contributed by atoms with van der Waals surface area (Å²) < 4.78 is 0. The van der Waals surface area contributed by atoms with Gasteiger partial charge in [-0.05, 0) is 43.3 Å². The molecule has 114 valence electrons. The summed E-state index contributed by atoms with van der Waals surface area (Å²) >= 11 is 0. The first-order valence-electron chi connectivity index (χ1n) is 7.16. The zero-order chi connectivity index (χ0) is 15.8. The van der Waals surface area contributed by atoms with E-state index in [0.29, 0.717) is 12.1 Å². The van der Waals surface area contributed by atoms with Crippen molar-refractivity contribution in [2.75, 3.05) is 23.7 Å². The largest absolute Gasteiger partial charge is 0.376 e. The van der Waals surface area contributed by atoms with Gasteiger partial charge in [0.05, 0.1) is 6.54 Å². The van der Waals surface area contributed by atoms with E-state index in [-0.39, 0.29) is 18.4 Å². The third-order valence-electron chi connectivity index (χ3n) is 3.00. The maximum Gasteiger partial charge on any atom is 0.251 e. The number of amides is 2. The van der Waals surface area contributed by atoms with Crippen LogP contribution in [0.2, 0.25) is 0 Å². The average molecular weight is 297 g/mol. The lowest BCUT2D eigenvalue weighted by atomic mass is 10.2. The molecule has 0 saturated heterocycles. The molecule has 0 heterocycles. The predicted molar refractivity (Wildman–Crippen MR) is 88.0 cm³/mol. The molecule has 0 radical (unpaired) electrons. The Balaban J connectivity index is 1.84. The molecule has 5 nitrogen and oxygen atoms in total. The normalized spacial score (nSPS) is 9.86. The lowest BCUT2D eigenvalue weighted by molar-refractivity contribution is -0.114. The van der Waals surface area contributed by atoms with Gasteiger partial charge in [0.2, 0.25) is 5.91 Å². The molecule has 0 aliphatic heterocycles. The number of rotatable bonds is 6. The second-order valence-electron chi connectivity index (χ2n) is 4.70. The molecule has 0 aliphatic rings. The zero-order valence-corrected chi connectivity index (χ0v) is 12.4. The second-order valence-corrected chi connectivity index (χ2v) is 4.70. The SMILES string of the molecule is CCNC(=O)c1ccc(NCC(=O)Nc2ccccc2)cc1. The third kappa shape index (κ3) is 4.63. The number of carbonyl (C=O) groups excluding carboxylic acids is 2. The Hall–Kier alpha value is -2.82. The van der Waals surface area contributed by atoms with Crippen molar-refractivity contribution in [2.24, 2.45) is 0 Å². The lowest BCUT2D eigenvalue weighted by Gasteiger charge is -2.08. The van der Waals surface area contributed by atoms with Gasteiger partial charge in [-0.3, -0.25) is 9.59 Å².